The van der Waals surface area contributed by atoms with E-state index in [0.717, 1.165) is 22.4 Å². The van der Waals surface area contributed by atoms with Crippen molar-refractivity contribution in [2.75, 3.05) is 12.4 Å². The topological polar surface area (TPSA) is 41.5 Å². The van der Waals surface area contributed by atoms with Gasteiger partial charge >= 0.3 is 0 Å². The molecule has 21 heavy (non-hydrogen) atoms. The van der Waals surface area contributed by atoms with Gasteiger partial charge in [0, 0.05) is 17.3 Å². The molecule has 0 aliphatic heterocycles. The number of phenols is 1. The van der Waals surface area contributed by atoms with Crippen molar-refractivity contribution in [2.24, 2.45) is 0 Å². The van der Waals surface area contributed by atoms with Crippen molar-refractivity contribution in [3.63, 3.8) is 0 Å². The van der Waals surface area contributed by atoms with Crippen molar-refractivity contribution < 1.29 is 14.2 Å². The smallest absolute Gasteiger partial charge is 0.165 e. The van der Waals surface area contributed by atoms with Crippen LogP contribution in [0.5, 0.6) is 11.5 Å². The van der Waals surface area contributed by atoms with Crippen LogP contribution in [0.3, 0.4) is 0 Å². The summed E-state index contributed by atoms with van der Waals surface area (Å²) < 4.78 is 18.7. The lowest BCUT2D eigenvalue weighted by atomic mass is 10.0. The van der Waals surface area contributed by atoms with Gasteiger partial charge in [-0.3, -0.25) is 0 Å². The maximum atomic E-state index is 13.8. The van der Waals surface area contributed by atoms with Crippen LogP contribution in [0.4, 0.5) is 10.1 Å². The van der Waals surface area contributed by atoms with Crippen LogP contribution in [-0.2, 0) is 0 Å². The Morgan fingerprint density at radius 3 is 2.52 bits per heavy atom. The second-order valence-corrected chi connectivity index (χ2v) is 5.16. The SMILES string of the molecule is COc1ccc(C(C)Nc2ccc(C)c(O)c2C)cc1F. The highest BCUT2D eigenvalue weighted by Crippen LogP contribution is 2.31. The van der Waals surface area contributed by atoms with Crippen LogP contribution in [0.2, 0.25) is 0 Å². The van der Waals surface area contributed by atoms with Gasteiger partial charge in [0.1, 0.15) is 5.75 Å². The number of halogens is 1. The van der Waals surface area contributed by atoms with E-state index in [1.807, 2.05) is 39.0 Å². The van der Waals surface area contributed by atoms with Gasteiger partial charge in [-0.1, -0.05) is 12.1 Å². The highest BCUT2D eigenvalue weighted by atomic mass is 19.1. The molecule has 0 radical (unpaired) electrons. The van der Waals surface area contributed by atoms with Crippen LogP contribution in [0.15, 0.2) is 30.3 Å². The predicted octanol–water partition coefficient (Wildman–Crippen LogP) is 4.33. The number of nitrogens with one attached hydrogen (secondary N) is 1. The van der Waals surface area contributed by atoms with Gasteiger partial charge in [-0.15, -0.1) is 0 Å². The molecule has 0 amide bonds. The molecule has 2 N–H and O–H groups in total. The van der Waals surface area contributed by atoms with Crippen LogP contribution in [0.25, 0.3) is 0 Å². The number of phenolic OH excluding ortho intramolecular Hbond substituents is 1. The first-order chi connectivity index (χ1) is 9.93. The number of benzene rings is 2. The molecule has 1 unspecified atom stereocenters. The minimum Gasteiger partial charge on any atom is -0.507 e. The van der Waals surface area contributed by atoms with Crippen molar-refractivity contribution in [1.29, 1.82) is 0 Å². The average Bonchev–Trinajstić information content (AvgIpc) is 2.47. The molecule has 3 nitrogen and oxygen atoms in total. The van der Waals surface area contributed by atoms with Crippen LogP contribution in [0, 0.1) is 19.7 Å². The van der Waals surface area contributed by atoms with Crippen molar-refractivity contribution in [3.05, 3.63) is 52.8 Å². The second kappa shape index (κ2) is 6.04. The van der Waals surface area contributed by atoms with E-state index < -0.39 is 0 Å². The fourth-order valence-electron chi connectivity index (χ4n) is 2.26. The van der Waals surface area contributed by atoms with E-state index in [1.54, 1.807) is 6.07 Å². The third kappa shape index (κ3) is 3.10. The number of aromatic hydroxyl groups is 1. The zero-order chi connectivity index (χ0) is 15.6. The molecule has 4 heteroatoms. The number of hydrogen-bond donors (Lipinski definition) is 2. The first-order valence-corrected chi connectivity index (χ1v) is 6.83. The predicted molar refractivity (Wildman–Crippen MR) is 82.6 cm³/mol. The maximum Gasteiger partial charge on any atom is 0.165 e. The van der Waals surface area contributed by atoms with Gasteiger partial charge in [0.2, 0.25) is 0 Å². The molecule has 0 saturated carbocycles. The Kier molecular flexibility index (Phi) is 4.36. The summed E-state index contributed by atoms with van der Waals surface area (Å²) in [6.07, 6.45) is 0. The summed E-state index contributed by atoms with van der Waals surface area (Å²) in [6, 6.07) is 8.57. The Balaban J connectivity index is 2.24. The van der Waals surface area contributed by atoms with E-state index in [0.29, 0.717) is 0 Å². The van der Waals surface area contributed by atoms with E-state index in [4.69, 9.17) is 4.74 Å². The number of ether oxygens (including phenoxy) is 1. The molecular formula is C17H20FNO2. The van der Waals surface area contributed by atoms with Crippen LogP contribution in [-0.4, -0.2) is 12.2 Å². The lowest BCUT2D eigenvalue weighted by molar-refractivity contribution is 0.386. The number of hydrogen-bond acceptors (Lipinski definition) is 3. The second-order valence-electron chi connectivity index (χ2n) is 5.16. The first-order valence-electron chi connectivity index (χ1n) is 6.83. The molecule has 0 saturated heterocycles. The summed E-state index contributed by atoms with van der Waals surface area (Å²) in [4.78, 5) is 0. The number of aryl methyl sites for hydroxylation is 1. The quantitative estimate of drug-likeness (QED) is 0.880. The minimum absolute atomic E-state index is 0.0915. The third-order valence-electron chi connectivity index (χ3n) is 3.68. The highest BCUT2D eigenvalue weighted by Gasteiger charge is 2.12. The maximum absolute atomic E-state index is 13.8. The van der Waals surface area contributed by atoms with Crippen LogP contribution < -0.4 is 10.1 Å². The highest BCUT2D eigenvalue weighted by molar-refractivity contribution is 5.60. The molecule has 2 rings (SSSR count). The molecule has 0 spiro atoms. The summed E-state index contributed by atoms with van der Waals surface area (Å²) in [6.45, 7) is 5.65. The van der Waals surface area contributed by atoms with Crippen LogP contribution >= 0.6 is 0 Å². The monoisotopic (exact) mass is 289 g/mol. The lowest BCUT2D eigenvalue weighted by Crippen LogP contribution is -2.08. The molecule has 0 aromatic heterocycles. The lowest BCUT2D eigenvalue weighted by Gasteiger charge is -2.19. The van der Waals surface area contributed by atoms with Crippen molar-refractivity contribution >= 4 is 5.69 Å². The zero-order valence-corrected chi connectivity index (χ0v) is 12.7. The molecule has 0 bridgehead atoms. The molecular weight excluding hydrogens is 269 g/mol. The van der Waals surface area contributed by atoms with Crippen molar-refractivity contribution in [1.82, 2.24) is 0 Å². The van der Waals surface area contributed by atoms with Crippen LogP contribution in [0.1, 0.15) is 29.7 Å². The summed E-state index contributed by atoms with van der Waals surface area (Å²) in [5.41, 5.74) is 3.27. The zero-order valence-electron chi connectivity index (χ0n) is 12.7. The molecule has 2 aromatic carbocycles. The summed E-state index contributed by atoms with van der Waals surface area (Å²) in [5, 5.41) is 13.3. The standard InChI is InChI=1S/C17H20FNO2/c1-10-5-7-15(11(2)17(10)20)19-12(3)13-6-8-16(21-4)14(18)9-13/h5-9,12,19-20H,1-4H3. The van der Waals surface area contributed by atoms with Gasteiger partial charge < -0.3 is 15.2 Å². The summed E-state index contributed by atoms with van der Waals surface area (Å²) >= 11 is 0. The van der Waals surface area contributed by atoms with Gasteiger partial charge in [-0.25, -0.2) is 4.39 Å². The van der Waals surface area contributed by atoms with E-state index >= 15 is 0 Å². The number of anilines is 1. The molecule has 2 aromatic rings. The largest absolute Gasteiger partial charge is 0.507 e. The van der Waals surface area contributed by atoms with Gasteiger partial charge in [-0.2, -0.15) is 0 Å². The minimum atomic E-state index is -0.382. The fourth-order valence-corrected chi connectivity index (χ4v) is 2.26. The Morgan fingerprint density at radius 2 is 1.90 bits per heavy atom. The Bertz CT molecular complexity index is 655. The van der Waals surface area contributed by atoms with Gasteiger partial charge in [-0.05, 0) is 50.1 Å². The van der Waals surface area contributed by atoms with Gasteiger partial charge in [0.05, 0.1) is 7.11 Å². The van der Waals surface area contributed by atoms with E-state index in [-0.39, 0.29) is 23.4 Å². The molecule has 112 valence electrons. The van der Waals surface area contributed by atoms with E-state index in [9.17, 15) is 9.50 Å². The first kappa shape index (κ1) is 15.2. The Hall–Kier alpha value is -2.23. The third-order valence-corrected chi connectivity index (χ3v) is 3.68. The molecule has 0 aliphatic carbocycles. The molecule has 0 heterocycles. The number of rotatable bonds is 4. The van der Waals surface area contributed by atoms with Gasteiger partial charge in [0.15, 0.2) is 11.6 Å². The Labute approximate surface area is 124 Å². The van der Waals surface area contributed by atoms with E-state index in [2.05, 4.69) is 5.32 Å². The molecule has 0 fully saturated rings. The molecule has 0 aliphatic rings. The number of methoxy groups -OCH3 is 1. The van der Waals surface area contributed by atoms with Crippen molar-refractivity contribution in [2.45, 2.75) is 26.8 Å². The van der Waals surface area contributed by atoms with E-state index in [1.165, 1.54) is 13.2 Å². The summed E-state index contributed by atoms with van der Waals surface area (Å²) in [5.74, 6) is 0.135. The van der Waals surface area contributed by atoms with Crippen molar-refractivity contribution in [3.8, 4) is 11.5 Å². The Morgan fingerprint density at radius 1 is 1.19 bits per heavy atom. The van der Waals surface area contributed by atoms with Gasteiger partial charge in [0.25, 0.3) is 0 Å². The normalized spacial score (nSPS) is 12.0. The molecule has 1 atom stereocenters. The summed E-state index contributed by atoms with van der Waals surface area (Å²) in [7, 11) is 1.44. The fraction of sp³-hybridized carbons (Fsp3) is 0.294. The average molecular weight is 289 g/mol.